The maximum absolute atomic E-state index is 15.6. The number of carboxylic acids is 1. The summed E-state index contributed by atoms with van der Waals surface area (Å²) >= 11 is 0. The molecule has 41 heavy (non-hydrogen) atoms. The first-order valence-electron chi connectivity index (χ1n) is 13.6. The fraction of sp³-hybridized carbons (Fsp3) is 0.552. The van der Waals surface area contributed by atoms with E-state index in [-0.39, 0.29) is 23.6 Å². The summed E-state index contributed by atoms with van der Waals surface area (Å²) in [6, 6.07) is 2.25. The highest BCUT2D eigenvalue weighted by Crippen LogP contribution is 2.44. The molecule has 0 saturated heterocycles. The molecule has 1 aromatic carbocycles. The summed E-state index contributed by atoms with van der Waals surface area (Å²) in [6.45, 7) is 2.11. The molecule has 0 atom stereocenters. The van der Waals surface area contributed by atoms with Gasteiger partial charge in [-0.2, -0.15) is 13.2 Å². The molecule has 8 nitrogen and oxygen atoms in total. The fourth-order valence-corrected chi connectivity index (χ4v) is 5.77. The quantitative estimate of drug-likeness (QED) is 0.340. The molecule has 1 amide bonds. The van der Waals surface area contributed by atoms with Gasteiger partial charge in [0, 0.05) is 37.4 Å². The summed E-state index contributed by atoms with van der Waals surface area (Å²) in [5.41, 5.74) is -1.99. The third-order valence-electron chi connectivity index (χ3n) is 8.07. The smallest absolute Gasteiger partial charge is 0.425 e. The van der Waals surface area contributed by atoms with Crippen LogP contribution in [0.5, 0.6) is 17.4 Å². The topological polar surface area (TPSA) is 98.2 Å². The Kier molecular flexibility index (Phi) is 9.41. The second kappa shape index (κ2) is 12.6. The molecule has 2 aliphatic carbocycles. The van der Waals surface area contributed by atoms with E-state index in [0.717, 1.165) is 44.3 Å². The lowest BCUT2D eigenvalue weighted by Gasteiger charge is -2.40. The molecule has 1 aromatic heterocycles. The van der Waals surface area contributed by atoms with Crippen LogP contribution < -0.4 is 14.4 Å². The predicted octanol–water partition coefficient (Wildman–Crippen LogP) is 6.86. The van der Waals surface area contributed by atoms with Gasteiger partial charge in [0.15, 0.2) is 17.1 Å². The third kappa shape index (κ3) is 6.74. The monoisotopic (exact) mass is 582 g/mol. The van der Waals surface area contributed by atoms with Crippen molar-refractivity contribution in [2.24, 2.45) is 11.8 Å². The summed E-state index contributed by atoms with van der Waals surface area (Å²) < 4.78 is 72.4. The van der Waals surface area contributed by atoms with Crippen LogP contribution in [0.3, 0.4) is 0 Å². The number of anilines is 1. The van der Waals surface area contributed by atoms with Crippen LogP contribution in [0.25, 0.3) is 0 Å². The average molecular weight is 583 g/mol. The lowest BCUT2D eigenvalue weighted by molar-refractivity contribution is -0.140. The maximum Gasteiger partial charge on any atom is 0.425 e. The van der Waals surface area contributed by atoms with Gasteiger partial charge < -0.3 is 24.2 Å². The zero-order chi connectivity index (χ0) is 29.9. The Labute approximate surface area is 235 Å². The number of halogens is 4. The Hall–Kier alpha value is -3.41. The molecule has 2 aromatic rings. The van der Waals surface area contributed by atoms with Gasteiger partial charge in [0.1, 0.15) is 5.75 Å². The van der Waals surface area contributed by atoms with E-state index in [2.05, 4.69) is 11.9 Å². The first-order chi connectivity index (χ1) is 19.4. The Morgan fingerprint density at radius 1 is 1.00 bits per heavy atom. The number of carboxylic acid groups (broad SMARTS) is 1. The highest BCUT2D eigenvalue weighted by Gasteiger charge is 2.41. The minimum atomic E-state index is -4.96. The molecular weight excluding hydrogens is 548 g/mol. The van der Waals surface area contributed by atoms with Crippen molar-refractivity contribution < 1.29 is 46.5 Å². The molecule has 4 rings (SSSR count). The van der Waals surface area contributed by atoms with E-state index in [1.165, 1.54) is 4.90 Å². The zero-order valence-electron chi connectivity index (χ0n) is 23.2. The molecular formula is C29H34F4N2O6. The fourth-order valence-electron chi connectivity index (χ4n) is 5.77. The number of ether oxygens (including phenoxy) is 3. The molecule has 2 aliphatic rings. The van der Waals surface area contributed by atoms with Crippen molar-refractivity contribution >= 4 is 17.6 Å². The van der Waals surface area contributed by atoms with Crippen molar-refractivity contribution in [3.63, 3.8) is 0 Å². The average Bonchev–Trinajstić information content (AvgIpc) is 2.94. The minimum Gasteiger partial charge on any atom is -0.496 e. The van der Waals surface area contributed by atoms with Gasteiger partial charge in [-0.15, -0.1) is 0 Å². The van der Waals surface area contributed by atoms with Crippen LogP contribution in [0.15, 0.2) is 24.4 Å². The molecule has 12 heteroatoms. The Morgan fingerprint density at radius 2 is 1.66 bits per heavy atom. The number of nitrogens with zero attached hydrogens (tertiary/aromatic N) is 2. The first-order valence-corrected chi connectivity index (χ1v) is 13.6. The van der Waals surface area contributed by atoms with Crippen molar-refractivity contribution in [3.05, 3.63) is 41.3 Å². The van der Waals surface area contributed by atoms with E-state index in [1.54, 1.807) is 7.11 Å². The number of amides is 1. The summed E-state index contributed by atoms with van der Waals surface area (Å²) in [7, 11) is 2.64. The normalized spacial score (nSPS) is 23.1. The molecule has 1 heterocycles. The van der Waals surface area contributed by atoms with Crippen molar-refractivity contribution in [3.8, 4) is 17.4 Å². The van der Waals surface area contributed by atoms with E-state index in [9.17, 15) is 27.9 Å². The molecule has 0 spiro atoms. The zero-order valence-corrected chi connectivity index (χ0v) is 23.2. The highest BCUT2D eigenvalue weighted by molar-refractivity contribution is 6.03. The van der Waals surface area contributed by atoms with Gasteiger partial charge in [-0.3, -0.25) is 4.79 Å². The van der Waals surface area contributed by atoms with Gasteiger partial charge in [0.05, 0.1) is 24.5 Å². The number of hydrogen-bond donors (Lipinski definition) is 1. The summed E-state index contributed by atoms with van der Waals surface area (Å²) in [6.07, 6.45) is 1.34. The number of methoxy groups -OCH3 is 2. The molecule has 2 fully saturated rings. The van der Waals surface area contributed by atoms with Gasteiger partial charge in [-0.25, -0.2) is 14.2 Å². The maximum atomic E-state index is 15.6. The largest absolute Gasteiger partial charge is 0.496 e. The third-order valence-corrected chi connectivity index (χ3v) is 8.07. The minimum absolute atomic E-state index is 0.00313. The van der Waals surface area contributed by atoms with Crippen LogP contribution in [0.4, 0.5) is 23.2 Å². The molecule has 2 saturated carbocycles. The molecule has 0 unspecified atom stereocenters. The second-order valence-corrected chi connectivity index (χ2v) is 10.7. The van der Waals surface area contributed by atoms with E-state index >= 15 is 4.39 Å². The second-order valence-electron chi connectivity index (χ2n) is 10.7. The van der Waals surface area contributed by atoms with E-state index in [4.69, 9.17) is 14.2 Å². The number of carbonyl (C=O) groups excluding carboxylic acids is 1. The number of alkyl halides is 3. The Balaban J connectivity index is 1.77. The van der Waals surface area contributed by atoms with E-state index in [0.29, 0.717) is 44.4 Å². The number of carbonyl (C=O) groups is 2. The lowest BCUT2D eigenvalue weighted by atomic mass is 9.81. The number of benzene rings is 1. The van der Waals surface area contributed by atoms with Gasteiger partial charge >= 0.3 is 12.1 Å². The number of rotatable bonds is 8. The Bertz CT molecular complexity index is 1250. The summed E-state index contributed by atoms with van der Waals surface area (Å²) in [5, 5.41) is 10.1. The van der Waals surface area contributed by atoms with Gasteiger partial charge in [0.25, 0.3) is 0 Å². The van der Waals surface area contributed by atoms with Crippen molar-refractivity contribution in [1.82, 2.24) is 4.98 Å². The Morgan fingerprint density at radius 3 is 2.22 bits per heavy atom. The predicted molar refractivity (Wildman–Crippen MR) is 141 cm³/mol. The molecule has 0 aliphatic heterocycles. The van der Waals surface area contributed by atoms with Crippen molar-refractivity contribution in [2.45, 2.75) is 76.6 Å². The number of pyridine rings is 1. The molecule has 1 N–H and O–H groups in total. The van der Waals surface area contributed by atoms with Crippen molar-refractivity contribution in [1.29, 1.82) is 0 Å². The van der Waals surface area contributed by atoms with Gasteiger partial charge in [-0.05, 0) is 63.4 Å². The number of hydrogen-bond acceptors (Lipinski definition) is 6. The van der Waals surface area contributed by atoms with E-state index < -0.39 is 52.5 Å². The van der Waals surface area contributed by atoms with Crippen LogP contribution in [-0.4, -0.2) is 48.3 Å². The van der Waals surface area contributed by atoms with Crippen LogP contribution in [0.1, 0.15) is 74.2 Å². The van der Waals surface area contributed by atoms with Crippen LogP contribution in [-0.2, 0) is 15.7 Å². The first kappa shape index (κ1) is 30.5. The van der Waals surface area contributed by atoms with E-state index in [1.807, 2.05) is 0 Å². The summed E-state index contributed by atoms with van der Waals surface area (Å²) in [5.74, 6) is -5.14. The highest BCUT2D eigenvalue weighted by atomic mass is 19.4. The van der Waals surface area contributed by atoms with Gasteiger partial charge in [-0.1, -0.05) is 6.92 Å². The molecule has 224 valence electrons. The summed E-state index contributed by atoms with van der Waals surface area (Å²) in [4.78, 5) is 31.4. The molecule has 0 radical (unpaired) electrons. The lowest BCUT2D eigenvalue weighted by Crippen LogP contribution is -2.47. The number of aromatic carboxylic acids is 1. The van der Waals surface area contributed by atoms with Crippen LogP contribution in [0, 0.1) is 17.7 Å². The van der Waals surface area contributed by atoms with Gasteiger partial charge in [0.2, 0.25) is 11.8 Å². The SMILES string of the molecule is COc1ccnc(Oc2cc(C(=O)O)c(N(C(=O)[C@H]3CC[C@H](C)CC3)[C@H]3CC[C@H](OC)CC3)cc2F)c1C(F)(F)F. The molecule has 0 bridgehead atoms. The van der Waals surface area contributed by atoms with Crippen LogP contribution in [0.2, 0.25) is 0 Å². The van der Waals surface area contributed by atoms with Crippen molar-refractivity contribution in [2.75, 3.05) is 19.1 Å². The standard InChI is InChI=1S/C29H34F4N2O6/c1-16-4-6-17(7-5-16)27(36)35(18-8-10-19(39-2)11-9-18)22-15-21(30)24(14-20(22)28(37)38)41-26-25(29(31,32)33)23(40-3)12-13-34-26/h12-19H,4-11H2,1-3H3,(H,37,38)/t16-,17-,18-,19-. The van der Waals surface area contributed by atoms with Crippen LogP contribution >= 0.6 is 0 Å². The number of aromatic nitrogens is 1.